The fourth-order valence-electron chi connectivity index (χ4n) is 4.86. The fourth-order valence-corrected chi connectivity index (χ4v) is 4.86. The van der Waals surface area contributed by atoms with E-state index >= 15 is 0 Å². The van der Waals surface area contributed by atoms with Crippen LogP contribution in [0.2, 0.25) is 0 Å². The van der Waals surface area contributed by atoms with E-state index in [0.29, 0.717) is 5.54 Å². The highest BCUT2D eigenvalue weighted by Gasteiger charge is 2.39. The molecule has 2 saturated heterocycles. The van der Waals surface area contributed by atoms with Crippen molar-refractivity contribution in [1.82, 2.24) is 15.5 Å². The van der Waals surface area contributed by atoms with Crippen molar-refractivity contribution in [2.24, 2.45) is 0 Å². The van der Waals surface area contributed by atoms with Gasteiger partial charge in [-0.1, -0.05) is 78.1 Å². The van der Waals surface area contributed by atoms with E-state index in [9.17, 15) is 0 Å². The zero-order valence-corrected chi connectivity index (χ0v) is 17.3. The first-order chi connectivity index (χ1) is 12.3. The summed E-state index contributed by atoms with van der Waals surface area (Å²) >= 11 is 0. The van der Waals surface area contributed by atoms with Crippen LogP contribution < -0.4 is 10.6 Å². The SMILES string of the molecule is CCCCCCCC(CCCCCCC)N1CCCC2(CNCN2)C1. The highest BCUT2D eigenvalue weighted by Crippen LogP contribution is 2.28. The van der Waals surface area contributed by atoms with Crippen LogP contribution in [0.4, 0.5) is 0 Å². The Morgan fingerprint density at radius 3 is 2.08 bits per heavy atom. The predicted molar refractivity (Wildman–Crippen MR) is 110 cm³/mol. The minimum Gasteiger partial charge on any atom is -0.303 e. The zero-order chi connectivity index (χ0) is 17.8. The Morgan fingerprint density at radius 2 is 1.52 bits per heavy atom. The lowest BCUT2D eigenvalue weighted by Crippen LogP contribution is -2.58. The summed E-state index contributed by atoms with van der Waals surface area (Å²) in [5, 5.41) is 7.31. The van der Waals surface area contributed by atoms with Gasteiger partial charge in [0.05, 0.1) is 0 Å². The summed E-state index contributed by atoms with van der Waals surface area (Å²) in [6, 6.07) is 0.836. The Hall–Kier alpha value is -0.120. The van der Waals surface area contributed by atoms with Crippen molar-refractivity contribution in [1.29, 1.82) is 0 Å². The standard InChI is InChI=1S/C22H45N3/c1-3-5-7-9-11-14-21(15-12-10-8-6-4-2)25-17-13-16-22(19-25)18-23-20-24-22/h21,23-24H,3-20H2,1-2H3. The van der Waals surface area contributed by atoms with Gasteiger partial charge in [0.2, 0.25) is 0 Å². The third-order valence-electron chi connectivity index (χ3n) is 6.46. The van der Waals surface area contributed by atoms with Gasteiger partial charge >= 0.3 is 0 Å². The molecule has 3 heteroatoms. The van der Waals surface area contributed by atoms with Gasteiger partial charge in [-0.15, -0.1) is 0 Å². The Bertz CT molecular complexity index is 311. The molecule has 1 spiro atoms. The van der Waals surface area contributed by atoms with Crippen molar-refractivity contribution < 1.29 is 0 Å². The average Bonchev–Trinajstić information content (AvgIpc) is 3.07. The Morgan fingerprint density at radius 1 is 0.880 bits per heavy atom. The monoisotopic (exact) mass is 351 g/mol. The van der Waals surface area contributed by atoms with Crippen LogP contribution in [0.15, 0.2) is 0 Å². The maximum Gasteiger partial charge on any atom is 0.0460 e. The minimum absolute atomic E-state index is 0.376. The highest BCUT2D eigenvalue weighted by atomic mass is 15.3. The third-order valence-corrected chi connectivity index (χ3v) is 6.46. The van der Waals surface area contributed by atoms with Crippen molar-refractivity contribution in [3.8, 4) is 0 Å². The summed E-state index contributed by atoms with van der Waals surface area (Å²) in [4.78, 5) is 2.86. The lowest BCUT2D eigenvalue weighted by atomic mass is 9.87. The molecule has 2 aliphatic rings. The maximum atomic E-state index is 3.77. The van der Waals surface area contributed by atoms with E-state index in [1.807, 2.05) is 0 Å². The molecule has 0 aliphatic carbocycles. The lowest BCUT2D eigenvalue weighted by Gasteiger charge is -2.44. The van der Waals surface area contributed by atoms with Crippen LogP contribution in [-0.4, -0.2) is 42.8 Å². The first-order valence-corrected chi connectivity index (χ1v) is 11.5. The van der Waals surface area contributed by atoms with Crippen LogP contribution in [-0.2, 0) is 0 Å². The van der Waals surface area contributed by atoms with Gasteiger partial charge in [0.15, 0.2) is 0 Å². The average molecular weight is 352 g/mol. The van der Waals surface area contributed by atoms with Crippen molar-refractivity contribution in [3.63, 3.8) is 0 Å². The quantitative estimate of drug-likeness (QED) is 0.454. The number of nitrogens with zero attached hydrogens (tertiary/aromatic N) is 1. The van der Waals surface area contributed by atoms with Crippen LogP contribution in [0, 0.1) is 0 Å². The van der Waals surface area contributed by atoms with Crippen molar-refractivity contribution in [2.75, 3.05) is 26.3 Å². The third kappa shape index (κ3) is 7.56. The molecule has 0 aromatic rings. The highest BCUT2D eigenvalue weighted by molar-refractivity contribution is 5.00. The van der Waals surface area contributed by atoms with Crippen molar-refractivity contribution >= 4 is 0 Å². The van der Waals surface area contributed by atoms with Crippen LogP contribution in [0.5, 0.6) is 0 Å². The van der Waals surface area contributed by atoms with E-state index < -0.39 is 0 Å². The van der Waals surface area contributed by atoms with Gasteiger partial charge in [-0.3, -0.25) is 10.2 Å². The number of nitrogens with one attached hydrogen (secondary N) is 2. The van der Waals surface area contributed by atoms with Gasteiger partial charge in [0.25, 0.3) is 0 Å². The molecule has 0 amide bonds. The molecule has 0 saturated carbocycles. The summed E-state index contributed by atoms with van der Waals surface area (Å²) in [6.07, 6.45) is 19.8. The van der Waals surface area contributed by atoms with Gasteiger partial charge in [-0.2, -0.15) is 0 Å². The van der Waals surface area contributed by atoms with E-state index in [1.54, 1.807) is 0 Å². The summed E-state index contributed by atoms with van der Waals surface area (Å²) in [7, 11) is 0. The molecule has 25 heavy (non-hydrogen) atoms. The van der Waals surface area contributed by atoms with Crippen LogP contribution in [0.1, 0.15) is 104 Å². The fraction of sp³-hybridized carbons (Fsp3) is 1.00. The van der Waals surface area contributed by atoms with E-state index in [2.05, 4.69) is 29.4 Å². The molecule has 1 unspecified atom stereocenters. The van der Waals surface area contributed by atoms with Crippen LogP contribution >= 0.6 is 0 Å². The van der Waals surface area contributed by atoms with E-state index in [-0.39, 0.29) is 0 Å². The van der Waals surface area contributed by atoms with Gasteiger partial charge < -0.3 is 5.32 Å². The summed E-state index contributed by atoms with van der Waals surface area (Å²) < 4.78 is 0. The molecule has 0 bridgehead atoms. The molecule has 0 radical (unpaired) electrons. The maximum absolute atomic E-state index is 3.77. The number of rotatable bonds is 13. The molecule has 3 nitrogen and oxygen atoms in total. The van der Waals surface area contributed by atoms with Gasteiger partial charge in [0.1, 0.15) is 0 Å². The molecule has 0 aromatic heterocycles. The second-order valence-corrected chi connectivity index (χ2v) is 8.69. The van der Waals surface area contributed by atoms with Crippen molar-refractivity contribution in [3.05, 3.63) is 0 Å². The first kappa shape index (κ1) is 21.2. The van der Waals surface area contributed by atoms with Gasteiger partial charge in [0, 0.05) is 31.3 Å². The second-order valence-electron chi connectivity index (χ2n) is 8.69. The van der Waals surface area contributed by atoms with Crippen LogP contribution in [0.25, 0.3) is 0 Å². The Labute approximate surface area is 157 Å². The molecule has 0 aromatic carbocycles. The summed E-state index contributed by atoms with van der Waals surface area (Å²) in [5.74, 6) is 0. The predicted octanol–water partition coefficient (Wildman–Crippen LogP) is 5.06. The molecular formula is C22H45N3. The van der Waals surface area contributed by atoms with Gasteiger partial charge in [-0.25, -0.2) is 0 Å². The van der Waals surface area contributed by atoms with Gasteiger partial charge in [-0.05, 0) is 32.2 Å². The first-order valence-electron chi connectivity index (χ1n) is 11.5. The zero-order valence-electron chi connectivity index (χ0n) is 17.3. The smallest absolute Gasteiger partial charge is 0.0460 e. The number of hydrogen-bond acceptors (Lipinski definition) is 3. The topological polar surface area (TPSA) is 27.3 Å². The van der Waals surface area contributed by atoms with E-state index in [0.717, 1.165) is 12.7 Å². The molecule has 2 rings (SSSR count). The molecule has 2 aliphatic heterocycles. The normalized spacial score (nSPS) is 24.6. The summed E-state index contributed by atoms with van der Waals surface area (Å²) in [5.41, 5.74) is 0.376. The Kier molecular flexibility index (Phi) is 10.4. The largest absolute Gasteiger partial charge is 0.303 e. The van der Waals surface area contributed by atoms with Crippen LogP contribution in [0.3, 0.4) is 0 Å². The number of likely N-dealkylation sites (tertiary alicyclic amines) is 1. The Balaban J connectivity index is 1.79. The molecule has 1 atom stereocenters. The number of unbranched alkanes of at least 4 members (excludes halogenated alkanes) is 8. The lowest BCUT2D eigenvalue weighted by molar-refractivity contribution is 0.0873. The molecule has 2 fully saturated rings. The second kappa shape index (κ2) is 12.3. The molecular weight excluding hydrogens is 306 g/mol. The molecule has 148 valence electrons. The van der Waals surface area contributed by atoms with E-state index in [1.165, 1.54) is 110 Å². The summed E-state index contributed by atoms with van der Waals surface area (Å²) in [6.45, 7) is 9.41. The number of hydrogen-bond donors (Lipinski definition) is 2. The minimum atomic E-state index is 0.376. The van der Waals surface area contributed by atoms with Crippen molar-refractivity contribution in [2.45, 2.75) is 115 Å². The number of piperidine rings is 1. The molecule has 2 N–H and O–H groups in total. The van der Waals surface area contributed by atoms with E-state index in [4.69, 9.17) is 0 Å². The molecule has 2 heterocycles.